The summed E-state index contributed by atoms with van der Waals surface area (Å²) in [6.45, 7) is 2.29. The Bertz CT molecular complexity index is 891. The van der Waals surface area contributed by atoms with Crippen LogP contribution in [-0.2, 0) is 10.0 Å². The van der Waals surface area contributed by atoms with E-state index in [0.29, 0.717) is 17.4 Å². The summed E-state index contributed by atoms with van der Waals surface area (Å²) in [5, 5.41) is 10.9. The molecule has 1 heterocycles. The zero-order valence-corrected chi connectivity index (χ0v) is 18.1. The van der Waals surface area contributed by atoms with E-state index in [4.69, 9.17) is 0 Å². The Hall–Kier alpha value is -1.49. The van der Waals surface area contributed by atoms with Crippen LogP contribution in [0.25, 0.3) is 0 Å². The van der Waals surface area contributed by atoms with Crippen LogP contribution in [0.2, 0.25) is 0 Å². The molecule has 2 aromatic rings. The van der Waals surface area contributed by atoms with Crippen molar-refractivity contribution in [2.75, 3.05) is 17.6 Å². The summed E-state index contributed by atoms with van der Waals surface area (Å²) in [6, 6.07) is 7.07. The van der Waals surface area contributed by atoms with Gasteiger partial charge in [0.05, 0.1) is 0 Å². The van der Waals surface area contributed by atoms with Crippen molar-refractivity contribution in [3.63, 3.8) is 0 Å². The maximum absolute atomic E-state index is 12.4. The minimum absolute atomic E-state index is 0.144. The van der Waals surface area contributed by atoms with Gasteiger partial charge in [0.2, 0.25) is 9.47 Å². The van der Waals surface area contributed by atoms with Gasteiger partial charge in [-0.1, -0.05) is 48.3 Å². The standard InChI is InChI=1S/C18H24N4O3S3/c1-13-7-9-14(10-8-13)16(23)20-17-21-22-18(27-17)28(24,25)19-11-12-26-15-5-3-2-4-6-15/h7-10,15,19H,2-6,11-12H2,1H3,(H,20,21,23). The molecular formula is C18H24N4O3S3. The van der Waals surface area contributed by atoms with Crippen molar-refractivity contribution in [2.24, 2.45) is 0 Å². The van der Waals surface area contributed by atoms with E-state index in [1.807, 2.05) is 30.8 Å². The molecule has 1 aromatic heterocycles. The zero-order chi connectivity index (χ0) is 20.0. The van der Waals surface area contributed by atoms with Crippen molar-refractivity contribution in [1.29, 1.82) is 0 Å². The number of hydrogen-bond donors (Lipinski definition) is 2. The molecular weight excluding hydrogens is 416 g/mol. The molecule has 28 heavy (non-hydrogen) atoms. The average Bonchev–Trinajstić information content (AvgIpc) is 3.16. The van der Waals surface area contributed by atoms with E-state index in [-0.39, 0.29) is 15.4 Å². The number of nitrogens with zero attached hydrogens (tertiary/aromatic N) is 2. The highest BCUT2D eigenvalue weighted by Gasteiger charge is 2.21. The number of nitrogens with one attached hydrogen (secondary N) is 2. The molecule has 0 bridgehead atoms. The van der Waals surface area contributed by atoms with Crippen LogP contribution in [0.15, 0.2) is 28.6 Å². The molecule has 3 rings (SSSR count). The lowest BCUT2D eigenvalue weighted by molar-refractivity contribution is 0.102. The molecule has 1 aliphatic rings. The minimum Gasteiger partial charge on any atom is -0.296 e. The molecule has 0 saturated heterocycles. The SMILES string of the molecule is Cc1ccc(C(=O)Nc2nnc(S(=O)(=O)NCCSC3CCCCC3)s2)cc1. The molecule has 152 valence electrons. The van der Waals surface area contributed by atoms with Crippen LogP contribution in [0.4, 0.5) is 5.13 Å². The summed E-state index contributed by atoms with van der Waals surface area (Å²) in [5.41, 5.74) is 1.52. The van der Waals surface area contributed by atoms with E-state index in [9.17, 15) is 13.2 Å². The monoisotopic (exact) mass is 440 g/mol. The molecule has 1 aliphatic carbocycles. The normalized spacial score (nSPS) is 15.5. The summed E-state index contributed by atoms with van der Waals surface area (Å²) < 4.78 is 27.2. The Labute approximate surface area is 173 Å². The Balaban J connectivity index is 1.50. The molecule has 1 fully saturated rings. The topological polar surface area (TPSA) is 101 Å². The molecule has 1 saturated carbocycles. The second-order valence-corrected chi connectivity index (χ2v) is 11.0. The first-order valence-electron chi connectivity index (χ1n) is 9.27. The van der Waals surface area contributed by atoms with Crippen LogP contribution >= 0.6 is 23.1 Å². The Morgan fingerprint density at radius 1 is 1.18 bits per heavy atom. The van der Waals surface area contributed by atoms with Crippen molar-refractivity contribution >= 4 is 44.2 Å². The average molecular weight is 441 g/mol. The highest BCUT2D eigenvalue weighted by Crippen LogP contribution is 2.28. The van der Waals surface area contributed by atoms with E-state index >= 15 is 0 Å². The summed E-state index contributed by atoms with van der Waals surface area (Å²) >= 11 is 2.67. The Morgan fingerprint density at radius 3 is 2.61 bits per heavy atom. The molecule has 2 N–H and O–H groups in total. The summed E-state index contributed by atoms with van der Waals surface area (Å²) in [5.74, 6) is 0.386. The minimum atomic E-state index is -3.72. The van der Waals surface area contributed by atoms with Gasteiger partial charge >= 0.3 is 0 Å². The van der Waals surface area contributed by atoms with Crippen molar-refractivity contribution in [3.05, 3.63) is 35.4 Å². The molecule has 10 heteroatoms. The second kappa shape index (κ2) is 9.82. The fourth-order valence-corrected chi connectivity index (χ4v) is 6.25. The predicted octanol–water partition coefficient (Wildman–Crippen LogP) is 3.44. The van der Waals surface area contributed by atoms with Gasteiger partial charge in [0.15, 0.2) is 0 Å². The van der Waals surface area contributed by atoms with Crippen molar-refractivity contribution in [3.8, 4) is 0 Å². The van der Waals surface area contributed by atoms with Gasteiger partial charge in [0.25, 0.3) is 15.9 Å². The molecule has 1 amide bonds. The quantitative estimate of drug-likeness (QED) is 0.482. The largest absolute Gasteiger partial charge is 0.296 e. The maximum atomic E-state index is 12.4. The molecule has 0 spiro atoms. The van der Waals surface area contributed by atoms with Gasteiger partial charge in [-0.3, -0.25) is 10.1 Å². The van der Waals surface area contributed by atoms with Gasteiger partial charge in [-0.25, -0.2) is 13.1 Å². The van der Waals surface area contributed by atoms with Crippen LogP contribution in [0.1, 0.15) is 48.0 Å². The summed E-state index contributed by atoms with van der Waals surface area (Å²) in [6.07, 6.45) is 6.29. The summed E-state index contributed by atoms with van der Waals surface area (Å²) in [4.78, 5) is 12.2. The second-order valence-electron chi connectivity index (χ2n) is 6.72. The summed E-state index contributed by atoms with van der Waals surface area (Å²) in [7, 11) is -3.72. The lowest BCUT2D eigenvalue weighted by Gasteiger charge is -2.20. The van der Waals surface area contributed by atoms with E-state index < -0.39 is 10.0 Å². The number of rotatable bonds is 8. The third-order valence-electron chi connectivity index (χ3n) is 4.47. The number of carbonyl (C=O) groups excluding carboxylic acids is 1. The number of sulfonamides is 1. The van der Waals surface area contributed by atoms with E-state index in [1.165, 1.54) is 32.1 Å². The number of aryl methyl sites for hydroxylation is 1. The van der Waals surface area contributed by atoms with E-state index in [1.54, 1.807) is 12.1 Å². The third kappa shape index (κ3) is 6.00. The fraction of sp³-hybridized carbons (Fsp3) is 0.500. The number of amides is 1. The van der Waals surface area contributed by atoms with Gasteiger partial charge in [-0.05, 0) is 31.9 Å². The Morgan fingerprint density at radius 2 is 1.89 bits per heavy atom. The number of hydrogen-bond acceptors (Lipinski definition) is 7. The van der Waals surface area contributed by atoms with Gasteiger partial charge in [0.1, 0.15) is 0 Å². The lowest BCUT2D eigenvalue weighted by atomic mass is 10.0. The van der Waals surface area contributed by atoms with Crippen molar-refractivity contribution in [1.82, 2.24) is 14.9 Å². The number of carbonyl (C=O) groups is 1. The number of aromatic nitrogens is 2. The number of anilines is 1. The molecule has 0 unspecified atom stereocenters. The molecule has 0 radical (unpaired) electrons. The van der Waals surface area contributed by atoms with Crippen molar-refractivity contribution in [2.45, 2.75) is 48.6 Å². The first kappa shape index (κ1) is 21.2. The third-order valence-corrected chi connectivity index (χ3v) is 8.52. The highest BCUT2D eigenvalue weighted by atomic mass is 32.2. The number of thioether (sulfide) groups is 1. The maximum Gasteiger partial charge on any atom is 0.269 e. The van der Waals surface area contributed by atoms with Crippen LogP contribution in [0, 0.1) is 6.92 Å². The van der Waals surface area contributed by atoms with E-state index in [2.05, 4.69) is 20.2 Å². The van der Waals surface area contributed by atoms with Gasteiger partial charge in [-0.2, -0.15) is 11.8 Å². The van der Waals surface area contributed by atoms with Gasteiger partial charge in [-0.15, -0.1) is 10.2 Å². The van der Waals surface area contributed by atoms with Crippen LogP contribution < -0.4 is 10.0 Å². The first-order chi connectivity index (χ1) is 13.4. The first-order valence-corrected chi connectivity index (χ1v) is 12.6. The molecule has 0 atom stereocenters. The smallest absolute Gasteiger partial charge is 0.269 e. The van der Waals surface area contributed by atoms with E-state index in [0.717, 1.165) is 22.7 Å². The van der Waals surface area contributed by atoms with Crippen LogP contribution in [0.5, 0.6) is 0 Å². The Kier molecular flexibility index (Phi) is 7.44. The van der Waals surface area contributed by atoms with Gasteiger partial charge < -0.3 is 0 Å². The zero-order valence-electron chi connectivity index (χ0n) is 15.7. The van der Waals surface area contributed by atoms with Crippen LogP contribution in [-0.4, -0.2) is 42.1 Å². The predicted molar refractivity (Wildman–Crippen MR) is 114 cm³/mol. The number of benzene rings is 1. The fourth-order valence-electron chi connectivity index (χ4n) is 2.94. The molecule has 0 aliphatic heterocycles. The molecule has 1 aromatic carbocycles. The highest BCUT2D eigenvalue weighted by molar-refractivity contribution is 8.00. The lowest BCUT2D eigenvalue weighted by Crippen LogP contribution is -2.26. The van der Waals surface area contributed by atoms with Crippen molar-refractivity contribution < 1.29 is 13.2 Å². The molecule has 7 nitrogen and oxygen atoms in total. The van der Waals surface area contributed by atoms with Gasteiger partial charge in [0, 0.05) is 23.1 Å². The van der Waals surface area contributed by atoms with Crippen LogP contribution in [0.3, 0.4) is 0 Å².